The van der Waals surface area contributed by atoms with Crippen molar-refractivity contribution in [1.29, 1.82) is 0 Å². The molecule has 1 atom stereocenters. The lowest BCUT2D eigenvalue weighted by Crippen LogP contribution is -2.53. The predicted octanol–water partition coefficient (Wildman–Crippen LogP) is 1.99. The molecule has 0 radical (unpaired) electrons. The Morgan fingerprint density at radius 1 is 1.03 bits per heavy atom. The van der Waals surface area contributed by atoms with E-state index >= 15 is 0 Å². The molecule has 2 aliphatic rings. The van der Waals surface area contributed by atoms with E-state index in [-0.39, 0.29) is 0 Å². The molecule has 4 rings (SSSR count). The summed E-state index contributed by atoms with van der Waals surface area (Å²) in [6.45, 7) is 2.64. The average Bonchev–Trinajstić information content (AvgIpc) is 2.72. The lowest BCUT2D eigenvalue weighted by molar-refractivity contribution is -0.126. The van der Waals surface area contributed by atoms with Gasteiger partial charge in [-0.25, -0.2) is 4.79 Å². The Hall–Kier alpha value is -3.10. The highest BCUT2D eigenvalue weighted by atomic mass is 16.7. The van der Waals surface area contributed by atoms with Crippen molar-refractivity contribution < 1.29 is 19.2 Å². The van der Waals surface area contributed by atoms with Gasteiger partial charge in [0.05, 0.1) is 11.7 Å². The lowest BCUT2D eigenvalue weighted by atomic mass is 9.99. The van der Waals surface area contributed by atoms with Crippen LogP contribution in [0.4, 0.5) is 10.5 Å². The SMILES string of the molecule is CN1CCN(C(=O)ON2C(=O)[C@@H](N)Cc3cc(Oc4ccccc4)ccc32)CC1. The summed E-state index contributed by atoms with van der Waals surface area (Å²) in [6, 6.07) is 13.9. The number of para-hydroxylation sites is 1. The number of anilines is 1. The largest absolute Gasteiger partial charge is 0.457 e. The van der Waals surface area contributed by atoms with E-state index in [0.717, 1.165) is 23.7 Å². The molecule has 0 aliphatic carbocycles. The van der Waals surface area contributed by atoms with Crippen LogP contribution in [0.2, 0.25) is 0 Å². The molecule has 2 aromatic rings. The molecule has 2 aliphatic heterocycles. The molecule has 0 bridgehead atoms. The van der Waals surface area contributed by atoms with E-state index < -0.39 is 18.0 Å². The van der Waals surface area contributed by atoms with Crippen molar-refractivity contribution in [1.82, 2.24) is 9.80 Å². The lowest BCUT2D eigenvalue weighted by Gasteiger charge is -2.35. The first-order chi connectivity index (χ1) is 14.0. The van der Waals surface area contributed by atoms with E-state index in [1.54, 1.807) is 17.0 Å². The normalized spacial score (nSPS) is 19.7. The summed E-state index contributed by atoms with van der Waals surface area (Å²) in [4.78, 5) is 34.4. The number of ether oxygens (including phenoxy) is 1. The zero-order valence-electron chi connectivity index (χ0n) is 16.3. The zero-order valence-corrected chi connectivity index (χ0v) is 16.3. The van der Waals surface area contributed by atoms with Crippen molar-refractivity contribution in [3.63, 3.8) is 0 Å². The summed E-state index contributed by atoms with van der Waals surface area (Å²) in [5, 5.41) is 1.02. The smallest absolute Gasteiger partial charge is 0.434 e. The van der Waals surface area contributed by atoms with Crippen LogP contribution in [-0.4, -0.2) is 61.1 Å². The van der Waals surface area contributed by atoms with E-state index in [1.165, 1.54) is 0 Å². The zero-order chi connectivity index (χ0) is 20.4. The minimum absolute atomic E-state index is 0.350. The third-order valence-electron chi connectivity index (χ3n) is 5.14. The van der Waals surface area contributed by atoms with Gasteiger partial charge in [0.1, 0.15) is 11.5 Å². The molecule has 152 valence electrons. The van der Waals surface area contributed by atoms with Gasteiger partial charge < -0.3 is 25.1 Å². The van der Waals surface area contributed by atoms with Gasteiger partial charge in [-0.15, -0.1) is 5.06 Å². The summed E-state index contributed by atoms with van der Waals surface area (Å²) in [7, 11) is 2.00. The van der Waals surface area contributed by atoms with Gasteiger partial charge in [0.2, 0.25) is 0 Å². The Bertz CT molecular complexity index is 897. The maximum absolute atomic E-state index is 12.6. The summed E-state index contributed by atoms with van der Waals surface area (Å²) in [5.74, 6) is 0.903. The molecule has 2 aromatic carbocycles. The quantitative estimate of drug-likeness (QED) is 0.854. The van der Waals surface area contributed by atoms with E-state index in [9.17, 15) is 9.59 Å². The number of fused-ring (bicyclic) bond motifs is 1. The van der Waals surface area contributed by atoms with Gasteiger partial charge >= 0.3 is 6.09 Å². The fourth-order valence-electron chi connectivity index (χ4n) is 3.42. The van der Waals surface area contributed by atoms with Gasteiger partial charge in [0.15, 0.2) is 0 Å². The van der Waals surface area contributed by atoms with Crippen LogP contribution in [0, 0.1) is 0 Å². The van der Waals surface area contributed by atoms with Crippen molar-refractivity contribution in [2.75, 3.05) is 38.3 Å². The number of nitrogens with zero attached hydrogens (tertiary/aromatic N) is 3. The van der Waals surface area contributed by atoms with E-state index in [2.05, 4.69) is 4.90 Å². The molecule has 2 heterocycles. The fraction of sp³-hybridized carbons (Fsp3) is 0.333. The van der Waals surface area contributed by atoms with Crippen molar-refractivity contribution in [2.24, 2.45) is 5.73 Å². The minimum atomic E-state index is -0.783. The van der Waals surface area contributed by atoms with Crippen LogP contribution >= 0.6 is 0 Å². The third kappa shape index (κ3) is 4.18. The Kier molecular flexibility index (Phi) is 5.37. The number of likely N-dealkylation sites (N-methyl/N-ethyl adjacent to an activating group) is 1. The topological polar surface area (TPSA) is 88.3 Å². The van der Waals surface area contributed by atoms with Crippen LogP contribution in [-0.2, 0) is 16.1 Å². The number of carbonyl (C=O) groups is 2. The first-order valence-corrected chi connectivity index (χ1v) is 9.62. The first-order valence-electron chi connectivity index (χ1n) is 9.62. The van der Waals surface area contributed by atoms with Crippen molar-refractivity contribution in [3.8, 4) is 11.5 Å². The summed E-state index contributed by atoms with van der Waals surface area (Å²) >= 11 is 0. The number of hydrogen-bond donors (Lipinski definition) is 1. The first kappa shape index (κ1) is 19.2. The average molecular weight is 396 g/mol. The minimum Gasteiger partial charge on any atom is -0.457 e. The number of piperazine rings is 1. The highest BCUT2D eigenvalue weighted by Crippen LogP contribution is 2.33. The molecule has 1 saturated heterocycles. The van der Waals surface area contributed by atoms with Crippen LogP contribution < -0.4 is 15.5 Å². The second-order valence-corrected chi connectivity index (χ2v) is 7.30. The maximum Gasteiger partial charge on any atom is 0.434 e. The highest BCUT2D eigenvalue weighted by Gasteiger charge is 2.35. The third-order valence-corrected chi connectivity index (χ3v) is 5.14. The summed E-state index contributed by atoms with van der Waals surface area (Å²) in [5.41, 5.74) is 7.32. The van der Waals surface area contributed by atoms with Gasteiger partial charge in [0.25, 0.3) is 5.91 Å². The molecule has 8 heteroatoms. The standard InChI is InChI=1S/C21H24N4O4/c1-23-9-11-24(12-10-23)21(27)29-25-19-8-7-17(28-16-5-3-2-4-6-16)13-15(19)14-18(22)20(25)26/h2-8,13,18H,9-12,14,22H2,1H3/t18-/m0/s1. The van der Waals surface area contributed by atoms with Crippen molar-refractivity contribution in [2.45, 2.75) is 12.5 Å². The Labute approximate surface area is 169 Å². The number of hydrogen-bond acceptors (Lipinski definition) is 6. The number of nitrogens with two attached hydrogens (primary N) is 1. The van der Waals surface area contributed by atoms with E-state index in [4.69, 9.17) is 15.3 Å². The van der Waals surface area contributed by atoms with Crippen LogP contribution in [0.5, 0.6) is 11.5 Å². The molecule has 29 heavy (non-hydrogen) atoms. The second-order valence-electron chi connectivity index (χ2n) is 7.30. The molecule has 0 unspecified atom stereocenters. The molecule has 0 aromatic heterocycles. The van der Waals surface area contributed by atoms with Crippen LogP contribution in [0.15, 0.2) is 48.5 Å². The van der Waals surface area contributed by atoms with Crippen LogP contribution in [0.1, 0.15) is 5.56 Å². The number of rotatable bonds is 3. The Morgan fingerprint density at radius 2 is 1.76 bits per heavy atom. The molecule has 0 spiro atoms. The Balaban J connectivity index is 1.53. The van der Waals surface area contributed by atoms with E-state index in [1.807, 2.05) is 43.4 Å². The van der Waals surface area contributed by atoms with Crippen molar-refractivity contribution >= 4 is 17.7 Å². The van der Waals surface area contributed by atoms with Crippen molar-refractivity contribution in [3.05, 3.63) is 54.1 Å². The molecule has 2 amide bonds. The predicted molar refractivity (Wildman–Crippen MR) is 108 cm³/mol. The highest BCUT2D eigenvalue weighted by molar-refractivity contribution is 5.99. The van der Waals surface area contributed by atoms with Gasteiger partial charge in [-0.1, -0.05) is 18.2 Å². The van der Waals surface area contributed by atoms with Gasteiger partial charge in [0, 0.05) is 26.2 Å². The second kappa shape index (κ2) is 8.10. The number of benzene rings is 2. The fourth-order valence-corrected chi connectivity index (χ4v) is 3.42. The monoisotopic (exact) mass is 396 g/mol. The molecule has 2 N–H and O–H groups in total. The summed E-state index contributed by atoms with van der Waals surface area (Å²) < 4.78 is 5.86. The van der Waals surface area contributed by atoms with Crippen LogP contribution in [0.25, 0.3) is 0 Å². The van der Waals surface area contributed by atoms with Gasteiger partial charge in [-0.2, -0.15) is 0 Å². The van der Waals surface area contributed by atoms with E-state index in [0.29, 0.717) is 36.7 Å². The molecular weight excluding hydrogens is 372 g/mol. The number of amides is 2. The van der Waals surface area contributed by atoms with Gasteiger partial charge in [-0.05, 0) is 49.4 Å². The molecule has 8 nitrogen and oxygen atoms in total. The molecular formula is C21H24N4O4. The van der Waals surface area contributed by atoms with Gasteiger partial charge in [-0.3, -0.25) is 4.79 Å². The van der Waals surface area contributed by atoms with Crippen LogP contribution in [0.3, 0.4) is 0 Å². The maximum atomic E-state index is 12.6. The molecule has 1 fully saturated rings. The number of hydroxylamine groups is 1. The summed E-state index contributed by atoms with van der Waals surface area (Å²) in [6.07, 6.45) is -0.195. The molecule has 0 saturated carbocycles. The number of carbonyl (C=O) groups excluding carboxylic acids is 2. The Morgan fingerprint density at radius 3 is 2.48 bits per heavy atom.